The van der Waals surface area contributed by atoms with E-state index in [1.54, 1.807) is 7.11 Å². The van der Waals surface area contributed by atoms with Crippen molar-refractivity contribution in [2.24, 2.45) is 0 Å². The van der Waals surface area contributed by atoms with Crippen LogP contribution in [0.3, 0.4) is 0 Å². The number of rotatable bonds is 4. The van der Waals surface area contributed by atoms with Crippen molar-refractivity contribution in [1.82, 2.24) is 9.97 Å². The number of hydrogen-bond donors (Lipinski definition) is 1. The van der Waals surface area contributed by atoms with Crippen molar-refractivity contribution in [1.29, 1.82) is 0 Å². The van der Waals surface area contributed by atoms with E-state index in [1.165, 1.54) is 22.3 Å². The summed E-state index contributed by atoms with van der Waals surface area (Å²) in [7, 11) is 1.70. The summed E-state index contributed by atoms with van der Waals surface area (Å²) in [5.41, 5.74) is 12.8. The zero-order valence-electron chi connectivity index (χ0n) is 15.9. The molecule has 4 rings (SSSR count). The van der Waals surface area contributed by atoms with Crippen LogP contribution in [0.2, 0.25) is 0 Å². The van der Waals surface area contributed by atoms with Crippen molar-refractivity contribution in [2.45, 2.75) is 26.7 Å². The number of ether oxygens (including phenoxy) is 1. The highest BCUT2D eigenvalue weighted by Gasteiger charge is 2.09. The quantitative estimate of drug-likeness (QED) is 0.534. The van der Waals surface area contributed by atoms with Gasteiger partial charge in [-0.2, -0.15) is 0 Å². The summed E-state index contributed by atoms with van der Waals surface area (Å²) >= 11 is 0. The molecule has 2 aromatic carbocycles. The molecule has 0 saturated heterocycles. The minimum atomic E-state index is 0.487. The Morgan fingerprint density at radius 2 is 1.81 bits per heavy atom. The first kappa shape index (κ1) is 17.3. The van der Waals surface area contributed by atoms with Crippen LogP contribution in [-0.2, 0) is 12.8 Å². The maximum Gasteiger partial charge on any atom is 0.150 e. The monoisotopic (exact) mass is 357 g/mol. The fourth-order valence-electron chi connectivity index (χ4n) is 3.55. The molecule has 0 atom stereocenters. The van der Waals surface area contributed by atoms with Gasteiger partial charge in [-0.3, -0.25) is 4.98 Å². The van der Waals surface area contributed by atoms with E-state index in [9.17, 15) is 0 Å². The Bertz CT molecular complexity index is 1150. The van der Waals surface area contributed by atoms with Crippen LogP contribution in [0.4, 0.5) is 5.82 Å². The van der Waals surface area contributed by atoms with Crippen LogP contribution in [0.25, 0.3) is 21.8 Å². The van der Waals surface area contributed by atoms with Crippen molar-refractivity contribution >= 4 is 27.6 Å². The van der Waals surface area contributed by atoms with Gasteiger partial charge >= 0.3 is 0 Å². The van der Waals surface area contributed by atoms with E-state index >= 15 is 0 Å². The van der Waals surface area contributed by atoms with Crippen LogP contribution in [0.15, 0.2) is 48.7 Å². The number of fused-ring (bicyclic) bond motifs is 3. The van der Waals surface area contributed by atoms with Gasteiger partial charge in [0.05, 0.1) is 12.6 Å². The van der Waals surface area contributed by atoms with Crippen LogP contribution in [0.5, 0.6) is 5.75 Å². The summed E-state index contributed by atoms with van der Waals surface area (Å²) < 4.78 is 5.29. The number of pyridine rings is 2. The molecule has 27 heavy (non-hydrogen) atoms. The number of hydrogen-bond acceptors (Lipinski definition) is 4. The second kappa shape index (κ2) is 6.88. The third-order valence-electron chi connectivity index (χ3n) is 5.10. The lowest BCUT2D eigenvalue weighted by molar-refractivity contribution is 0.414. The smallest absolute Gasteiger partial charge is 0.150 e. The second-order valence-corrected chi connectivity index (χ2v) is 7.05. The molecule has 0 bridgehead atoms. The minimum Gasteiger partial charge on any atom is -0.497 e. The van der Waals surface area contributed by atoms with Gasteiger partial charge in [0.25, 0.3) is 0 Å². The number of nitrogens with two attached hydrogens (primary N) is 1. The van der Waals surface area contributed by atoms with Crippen molar-refractivity contribution in [3.05, 3.63) is 70.9 Å². The largest absolute Gasteiger partial charge is 0.497 e. The summed E-state index contributed by atoms with van der Waals surface area (Å²) in [6.07, 6.45) is 3.80. The average molecular weight is 357 g/mol. The van der Waals surface area contributed by atoms with Crippen molar-refractivity contribution in [2.75, 3.05) is 12.8 Å². The van der Waals surface area contributed by atoms with Crippen LogP contribution >= 0.6 is 0 Å². The predicted molar refractivity (Wildman–Crippen MR) is 111 cm³/mol. The average Bonchev–Trinajstić information content (AvgIpc) is 2.66. The second-order valence-electron chi connectivity index (χ2n) is 7.05. The van der Waals surface area contributed by atoms with Crippen molar-refractivity contribution in [3.63, 3.8) is 0 Å². The summed E-state index contributed by atoms with van der Waals surface area (Å²) in [6.45, 7) is 4.19. The van der Waals surface area contributed by atoms with Crippen LogP contribution in [0.1, 0.15) is 22.3 Å². The lowest BCUT2D eigenvalue weighted by Crippen LogP contribution is -1.99. The first-order chi connectivity index (χ1) is 13.0. The highest BCUT2D eigenvalue weighted by Crippen LogP contribution is 2.28. The molecule has 0 spiro atoms. The van der Waals surface area contributed by atoms with E-state index in [1.807, 2.05) is 12.3 Å². The molecule has 0 aliphatic heterocycles. The summed E-state index contributed by atoms with van der Waals surface area (Å²) in [5.74, 6) is 1.38. The molecule has 4 nitrogen and oxygen atoms in total. The third-order valence-corrected chi connectivity index (χ3v) is 5.10. The van der Waals surface area contributed by atoms with Gasteiger partial charge in [-0.25, -0.2) is 4.98 Å². The molecular weight excluding hydrogens is 334 g/mol. The molecule has 2 heterocycles. The van der Waals surface area contributed by atoms with E-state index < -0.39 is 0 Å². The molecule has 4 aromatic rings. The van der Waals surface area contributed by atoms with Gasteiger partial charge in [-0.15, -0.1) is 0 Å². The Morgan fingerprint density at radius 3 is 2.59 bits per heavy atom. The number of nitrogens with zero attached hydrogens (tertiary/aromatic N) is 2. The molecule has 0 unspecified atom stereocenters. The maximum atomic E-state index is 6.15. The van der Waals surface area contributed by atoms with Gasteiger partial charge in [0.15, 0.2) is 5.82 Å². The maximum absolute atomic E-state index is 6.15. The summed E-state index contributed by atoms with van der Waals surface area (Å²) in [6, 6.07) is 14.7. The number of methoxy groups -OCH3 is 1. The molecule has 0 fully saturated rings. The van der Waals surface area contributed by atoms with Crippen LogP contribution < -0.4 is 10.5 Å². The molecular formula is C23H23N3O. The van der Waals surface area contributed by atoms with E-state index in [2.05, 4.69) is 60.2 Å². The number of aryl methyl sites for hydroxylation is 4. The number of anilines is 1. The SMILES string of the molecule is COc1ccc(CCc2cnc3c(N)nc4cc(C)ccc4c3c2)c(C)c1. The predicted octanol–water partition coefficient (Wildman–Crippen LogP) is 4.78. The molecule has 2 N–H and O–H groups in total. The highest BCUT2D eigenvalue weighted by atomic mass is 16.5. The first-order valence-electron chi connectivity index (χ1n) is 9.13. The molecule has 0 aliphatic carbocycles. The van der Waals surface area contributed by atoms with Crippen molar-refractivity contribution < 1.29 is 4.74 Å². The lowest BCUT2D eigenvalue weighted by atomic mass is 9.99. The summed E-state index contributed by atoms with van der Waals surface area (Å²) in [5, 5.41) is 2.17. The molecule has 0 aliphatic rings. The normalized spacial score (nSPS) is 11.2. The Kier molecular flexibility index (Phi) is 4.40. The zero-order valence-corrected chi connectivity index (χ0v) is 15.9. The Morgan fingerprint density at radius 1 is 0.963 bits per heavy atom. The number of aromatic nitrogens is 2. The molecule has 4 heteroatoms. The zero-order chi connectivity index (χ0) is 19.0. The number of nitrogen functional groups attached to an aromatic ring is 1. The van der Waals surface area contributed by atoms with Gasteiger partial charge in [0.1, 0.15) is 11.3 Å². The molecule has 136 valence electrons. The van der Waals surface area contributed by atoms with E-state index in [0.29, 0.717) is 5.82 Å². The first-order valence-corrected chi connectivity index (χ1v) is 9.13. The topological polar surface area (TPSA) is 61.0 Å². The lowest BCUT2D eigenvalue weighted by Gasteiger charge is -2.10. The molecule has 0 saturated carbocycles. The van der Waals surface area contributed by atoms with Crippen LogP contribution in [-0.4, -0.2) is 17.1 Å². The standard InChI is InChI=1S/C23H23N3O/c1-14-4-9-19-20-12-16(13-25-22(20)23(24)26-21(19)10-14)5-6-17-7-8-18(27-3)11-15(17)2/h4,7-13H,5-6H2,1-3H3,(H2,24,26). The highest BCUT2D eigenvalue weighted by molar-refractivity contribution is 6.08. The third kappa shape index (κ3) is 3.31. The van der Waals surface area contributed by atoms with Crippen molar-refractivity contribution in [3.8, 4) is 5.75 Å². The fourth-order valence-corrected chi connectivity index (χ4v) is 3.55. The van der Waals surface area contributed by atoms with E-state index in [-0.39, 0.29) is 0 Å². The van der Waals surface area contributed by atoms with E-state index in [4.69, 9.17) is 10.5 Å². The molecule has 0 amide bonds. The van der Waals surface area contributed by atoms with Gasteiger partial charge in [0, 0.05) is 17.0 Å². The Labute approximate surface area is 159 Å². The molecule has 2 aromatic heterocycles. The number of benzene rings is 2. The van der Waals surface area contributed by atoms with Gasteiger partial charge in [-0.05, 0) is 73.2 Å². The summed E-state index contributed by atoms with van der Waals surface area (Å²) in [4.78, 5) is 9.13. The van der Waals surface area contributed by atoms with Crippen LogP contribution in [0, 0.1) is 13.8 Å². The van der Waals surface area contributed by atoms with Gasteiger partial charge in [0.2, 0.25) is 0 Å². The Hall–Kier alpha value is -3.14. The van der Waals surface area contributed by atoms with Gasteiger partial charge < -0.3 is 10.5 Å². The Balaban J connectivity index is 1.69. The fraction of sp³-hybridized carbons (Fsp3) is 0.217. The minimum absolute atomic E-state index is 0.487. The van der Waals surface area contributed by atoms with Gasteiger partial charge in [-0.1, -0.05) is 18.2 Å². The van der Waals surface area contributed by atoms with E-state index in [0.717, 1.165) is 40.4 Å². The molecule has 0 radical (unpaired) electrons.